The van der Waals surface area contributed by atoms with Crippen molar-refractivity contribution in [2.45, 2.75) is 13.0 Å². The molecule has 78 valence electrons. The van der Waals surface area contributed by atoms with Crippen LogP contribution >= 0.6 is 11.3 Å². The maximum atomic E-state index is 11.1. The fourth-order valence-corrected chi connectivity index (χ4v) is 2.08. The number of thiophene rings is 1. The van der Waals surface area contributed by atoms with Gasteiger partial charge in [-0.2, -0.15) is 11.3 Å². The molecule has 0 unspecified atom stereocenters. The van der Waals surface area contributed by atoms with Gasteiger partial charge in [-0.05, 0) is 28.8 Å². The van der Waals surface area contributed by atoms with Gasteiger partial charge in [0, 0.05) is 25.0 Å². The molecule has 0 saturated heterocycles. The van der Waals surface area contributed by atoms with Gasteiger partial charge in [0.2, 0.25) is 5.43 Å². The molecule has 4 heteroatoms. The monoisotopic (exact) mass is 220 g/mol. The summed E-state index contributed by atoms with van der Waals surface area (Å²) in [5.74, 6) is 0. The van der Waals surface area contributed by atoms with Gasteiger partial charge in [0.15, 0.2) is 0 Å². The number of rotatable bonds is 3. The molecule has 0 bridgehead atoms. The minimum Gasteiger partial charge on any atom is -0.394 e. The molecule has 0 radical (unpaired) electrons. The van der Waals surface area contributed by atoms with Crippen molar-refractivity contribution in [1.82, 2.24) is 4.57 Å². The molecule has 0 aliphatic heterocycles. The van der Waals surface area contributed by atoms with Crippen LogP contribution in [0.2, 0.25) is 0 Å². The molecule has 0 amide bonds. The Morgan fingerprint density at radius 1 is 1.40 bits per heavy atom. The Hall–Kier alpha value is -1.55. The van der Waals surface area contributed by atoms with E-state index in [9.17, 15) is 4.79 Å². The predicted molar refractivity (Wildman–Crippen MR) is 63.1 cm³/mol. The lowest BCUT2D eigenvalue weighted by Gasteiger charge is -2.05. The third-order valence-corrected chi connectivity index (χ3v) is 2.98. The first-order valence-electron chi connectivity index (χ1n) is 4.72. The molecule has 0 aromatic carbocycles. The maximum absolute atomic E-state index is 11.1. The minimum atomic E-state index is -0.109. The second-order valence-electron chi connectivity index (χ2n) is 3.38. The van der Waals surface area contributed by atoms with E-state index in [0.29, 0.717) is 5.69 Å². The number of nitrogen functional groups attached to an aromatic ring is 1. The Morgan fingerprint density at radius 3 is 2.93 bits per heavy atom. The number of hydrogen-bond acceptors (Lipinski definition) is 3. The summed E-state index contributed by atoms with van der Waals surface area (Å²) < 4.78 is 1.94. The molecule has 15 heavy (non-hydrogen) atoms. The molecule has 0 saturated carbocycles. The van der Waals surface area contributed by atoms with E-state index in [-0.39, 0.29) is 5.43 Å². The lowest BCUT2D eigenvalue weighted by molar-refractivity contribution is 0.693. The lowest BCUT2D eigenvalue weighted by atomic mass is 10.2. The summed E-state index contributed by atoms with van der Waals surface area (Å²) in [5, 5.41) is 4.20. The van der Waals surface area contributed by atoms with E-state index >= 15 is 0 Å². The molecular weight excluding hydrogens is 208 g/mol. The standard InChI is InChI=1S/C11H12N2OS/c12-10-7-13(5-2-11(10)14)4-1-9-3-6-15-8-9/h2-3,5-8H,1,4,12H2. The Labute approximate surface area is 91.8 Å². The lowest BCUT2D eigenvalue weighted by Crippen LogP contribution is -2.11. The van der Waals surface area contributed by atoms with Crippen molar-refractivity contribution in [3.8, 4) is 0 Å². The summed E-state index contributed by atoms with van der Waals surface area (Å²) in [6, 6.07) is 3.61. The second kappa shape index (κ2) is 4.31. The van der Waals surface area contributed by atoms with Crippen LogP contribution in [0.4, 0.5) is 5.69 Å². The number of anilines is 1. The minimum absolute atomic E-state index is 0.109. The molecular formula is C11H12N2OS. The molecule has 0 atom stereocenters. The summed E-state index contributed by atoms with van der Waals surface area (Å²) in [5.41, 5.74) is 7.05. The van der Waals surface area contributed by atoms with Crippen molar-refractivity contribution in [2.75, 3.05) is 5.73 Å². The van der Waals surface area contributed by atoms with Gasteiger partial charge >= 0.3 is 0 Å². The highest BCUT2D eigenvalue weighted by atomic mass is 32.1. The van der Waals surface area contributed by atoms with Gasteiger partial charge in [0.05, 0.1) is 5.69 Å². The summed E-state index contributed by atoms with van der Waals surface area (Å²) in [6.07, 6.45) is 4.42. The van der Waals surface area contributed by atoms with E-state index < -0.39 is 0 Å². The van der Waals surface area contributed by atoms with Crippen LogP contribution < -0.4 is 11.2 Å². The van der Waals surface area contributed by atoms with Crippen LogP contribution in [0.25, 0.3) is 0 Å². The summed E-state index contributed by atoms with van der Waals surface area (Å²) in [4.78, 5) is 11.1. The zero-order valence-electron chi connectivity index (χ0n) is 8.22. The Kier molecular flexibility index (Phi) is 2.87. The third-order valence-electron chi connectivity index (χ3n) is 2.25. The Bertz CT molecular complexity index is 488. The Morgan fingerprint density at radius 2 is 2.27 bits per heavy atom. The van der Waals surface area contributed by atoms with Crippen molar-refractivity contribution in [1.29, 1.82) is 0 Å². The van der Waals surface area contributed by atoms with Gasteiger partial charge in [-0.25, -0.2) is 0 Å². The average Bonchev–Trinajstić information content (AvgIpc) is 2.73. The van der Waals surface area contributed by atoms with Gasteiger partial charge < -0.3 is 10.3 Å². The predicted octanol–water partition coefficient (Wildman–Crippen LogP) is 1.73. The zero-order chi connectivity index (χ0) is 10.7. The molecule has 3 nitrogen and oxygen atoms in total. The van der Waals surface area contributed by atoms with Crippen molar-refractivity contribution in [3.05, 3.63) is 51.1 Å². The van der Waals surface area contributed by atoms with E-state index in [0.717, 1.165) is 13.0 Å². The molecule has 0 aliphatic rings. The van der Waals surface area contributed by atoms with Crippen LogP contribution in [0.1, 0.15) is 5.56 Å². The number of nitrogens with two attached hydrogens (primary N) is 1. The smallest absolute Gasteiger partial charge is 0.204 e. The van der Waals surface area contributed by atoms with Crippen LogP contribution in [0.15, 0.2) is 40.1 Å². The molecule has 2 aromatic rings. The van der Waals surface area contributed by atoms with Crippen LogP contribution in [0, 0.1) is 0 Å². The molecule has 2 heterocycles. The van der Waals surface area contributed by atoms with Gasteiger partial charge in [0.1, 0.15) is 0 Å². The highest BCUT2D eigenvalue weighted by molar-refractivity contribution is 7.07. The zero-order valence-corrected chi connectivity index (χ0v) is 9.04. The van der Waals surface area contributed by atoms with Crippen LogP contribution in [0.5, 0.6) is 0 Å². The summed E-state index contributed by atoms with van der Waals surface area (Å²) in [6.45, 7) is 0.848. The number of hydrogen-bond donors (Lipinski definition) is 1. The second-order valence-corrected chi connectivity index (χ2v) is 4.16. The topological polar surface area (TPSA) is 48.0 Å². The largest absolute Gasteiger partial charge is 0.394 e. The first-order valence-corrected chi connectivity index (χ1v) is 5.66. The number of nitrogens with zero attached hydrogens (tertiary/aromatic N) is 1. The highest BCUT2D eigenvalue weighted by Crippen LogP contribution is 2.07. The van der Waals surface area contributed by atoms with E-state index in [1.165, 1.54) is 11.6 Å². The number of aryl methyl sites for hydroxylation is 2. The Balaban J connectivity index is 2.05. The molecule has 0 aliphatic carbocycles. The van der Waals surface area contributed by atoms with E-state index in [2.05, 4.69) is 16.8 Å². The van der Waals surface area contributed by atoms with Crippen molar-refractivity contribution < 1.29 is 0 Å². The third kappa shape index (κ3) is 2.47. The van der Waals surface area contributed by atoms with E-state index in [1.807, 2.05) is 4.57 Å². The van der Waals surface area contributed by atoms with Crippen LogP contribution in [-0.4, -0.2) is 4.57 Å². The average molecular weight is 220 g/mol. The fourth-order valence-electron chi connectivity index (χ4n) is 1.38. The molecule has 2 aromatic heterocycles. The molecule has 0 fully saturated rings. The van der Waals surface area contributed by atoms with Gasteiger partial charge in [0.25, 0.3) is 0 Å². The van der Waals surface area contributed by atoms with E-state index in [4.69, 9.17) is 5.73 Å². The van der Waals surface area contributed by atoms with Gasteiger partial charge in [-0.1, -0.05) is 0 Å². The quantitative estimate of drug-likeness (QED) is 0.856. The number of pyridine rings is 1. The molecule has 2 N–H and O–H groups in total. The fraction of sp³-hybridized carbons (Fsp3) is 0.182. The highest BCUT2D eigenvalue weighted by Gasteiger charge is 1.96. The van der Waals surface area contributed by atoms with Crippen LogP contribution in [0.3, 0.4) is 0 Å². The van der Waals surface area contributed by atoms with E-state index in [1.54, 1.807) is 23.7 Å². The van der Waals surface area contributed by atoms with Gasteiger partial charge in [-0.3, -0.25) is 4.79 Å². The number of aromatic nitrogens is 1. The normalized spacial score (nSPS) is 10.4. The van der Waals surface area contributed by atoms with Crippen molar-refractivity contribution in [3.63, 3.8) is 0 Å². The van der Waals surface area contributed by atoms with Crippen molar-refractivity contribution in [2.24, 2.45) is 0 Å². The first-order chi connectivity index (χ1) is 7.25. The molecule has 0 spiro atoms. The van der Waals surface area contributed by atoms with Gasteiger partial charge in [-0.15, -0.1) is 0 Å². The van der Waals surface area contributed by atoms with Crippen molar-refractivity contribution >= 4 is 17.0 Å². The maximum Gasteiger partial charge on any atom is 0.204 e. The molecule has 2 rings (SSSR count). The summed E-state index contributed by atoms with van der Waals surface area (Å²) >= 11 is 1.70. The SMILES string of the molecule is Nc1cn(CCc2ccsc2)ccc1=O. The first kappa shape index (κ1) is 9.98. The van der Waals surface area contributed by atoms with Crippen LogP contribution in [-0.2, 0) is 13.0 Å². The summed E-state index contributed by atoms with van der Waals surface area (Å²) in [7, 11) is 0.